The van der Waals surface area contributed by atoms with Crippen molar-refractivity contribution >= 4 is 21.4 Å². The number of nitrogens with one attached hydrogen (secondary N) is 1. The van der Waals surface area contributed by atoms with E-state index < -0.39 is 15.6 Å². The van der Waals surface area contributed by atoms with Gasteiger partial charge in [0, 0.05) is 11.4 Å². The Kier molecular flexibility index (Phi) is 5.48. The van der Waals surface area contributed by atoms with Gasteiger partial charge in [0.2, 0.25) is 10.0 Å². The molecule has 0 aliphatic heterocycles. The topological polar surface area (TPSA) is 75.6 Å². The molecule has 0 unspecified atom stereocenters. The molecule has 2 aromatic rings. The van der Waals surface area contributed by atoms with Crippen LogP contribution in [-0.4, -0.2) is 32.9 Å². The van der Waals surface area contributed by atoms with Crippen molar-refractivity contribution in [1.29, 1.82) is 0 Å². The van der Waals surface area contributed by atoms with E-state index in [1.165, 1.54) is 11.3 Å². The van der Waals surface area contributed by atoms with Gasteiger partial charge in [-0.25, -0.2) is 13.1 Å². The number of benzene rings is 1. The van der Waals surface area contributed by atoms with Crippen molar-refractivity contribution in [2.45, 2.75) is 24.9 Å². The van der Waals surface area contributed by atoms with Gasteiger partial charge in [-0.1, -0.05) is 18.2 Å². The van der Waals surface area contributed by atoms with Crippen LogP contribution in [0.3, 0.4) is 0 Å². The minimum Gasteiger partial charge on any atom is -0.497 e. The average Bonchev–Trinajstić information content (AvgIpc) is 3.33. The number of methoxy groups -OCH3 is 1. The Labute approximate surface area is 152 Å². The molecule has 0 bridgehead atoms. The van der Waals surface area contributed by atoms with Gasteiger partial charge in [-0.3, -0.25) is 0 Å². The normalized spacial score (nSPS) is 17.2. The lowest BCUT2D eigenvalue weighted by Gasteiger charge is -2.27. The van der Waals surface area contributed by atoms with Gasteiger partial charge in [-0.15, -0.1) is 11.3 Å². The van der Waals surface area contributed by atoms with E-state index in [1.807, 2.05) is 41.8 Å². The Morgan fingerprint density at radius 2 is 2.00 bits per heavy atom. The van der Waals surface area contributed by atoms with E-state index >= 15 is 0 Å². The monoisotopic (exact) mass is 381 g/mol. The Morgan fingerprint density at radius 1 is 1.28 bits per heavy atom. The van der Waals surface area contributed by atoms with Crippen LogP contribution in [-0.2, 0) is 22.0 Å². The summed E-state index contributed by atoms with van der Waals surface area (Å²) in [4.78, 5) is 0.827. The third kappa shape index (κ3) is 4.61. The summed E-state index contributed by atoms with van der Waals surface area (Å²) in [5, 5.41) is 12.9. The van der Waals surface area contributed by atoms with Crippen molar-refractivity contribution in [2.24, 2.45) is 5.92 Å². The van der Waals surface area contributed by atoms with Crippen molar-refractivity contribution in [3.05, 3.63) is 52.2 Å². The molecule has 0 saturated heterocycles. The molecule has 25 heavy (non-hydrogen) atoms. The molecule has 1 aliphatic carbocycles. The predicted octanol–water partition coefficient (Wildman–Crippen LogP) is 2.52. The molecule has 1 fully saturated rings. The summed E-state index contributed by atoms with van der Waals surface area (Å²) < 4.78 is 32.4. The fraction of sp³-hybridized carbons (Fsp3) is 0.444. The minimum atomic E-state index is -3.46. The number of ether oxygens (including phenoxy) is 1. The van der Waals surface area contributed by atoms with E-state index in [-0.39, 0.29) is 18.2 Å². The summed E-state index contributed by atoms with van der Waals surface area (Å²) in [6, 6.07) is 11.1. The number of aliphatic hydroxyl groups is 1. The molecule has 1 aliphatic rings. The van der Waals surface area contributed by atoms with Crippen LogP contribution >= 0.6 is 11.3 Å². The predicted molar refractivity (Wildman–Crippen MR) is 99.4 cm³/mol. The molecule has 2 N–H and O–H groups in total. The third-order valence-electron chi connectivity index (χ3n) is 4.58. The first-order chi connectivity index (χ1) is 11.9. The first-order valence-electron chi connectivity index (χ1n) is 8.29. The van der Waals surface area contributed by atoms with Gasteiger partial charge >= 0.3 is 0 Å². The molecular formula is C18H23NO4S2. The van der Waals surface area contributed by atoms with E-state index in [1.54, 1.807) is 7.11 Å². The molecule has 1 aromatic heterocycles. The zero-order chi connectivity index (χ0) is 17.9. The van der Waals surface area contributed by atoms with Crippen LogP contribution in [0.2, 0.25) is 0 Å². The zero-order valence-electron chi connectivity index (χ0n) is 14.1. The van der Waals surface area contributed by atoms with Gasteiger partial charge in [-0.05, 0) is 54.3 Å². The number of hydrogen-bond acceptors (Lipinski definition) is 5. The van der Waals surface area contributed by atoms with Crippen molar-refractivity contribution in [1.82, 2.24) is 4.72 Å². The molecule has 1 atom stereocenters. The fourth-order valence-corrected chi connectivity index (χ4v) is 4.85. The zero-order valence-corrected chi connectivity index (χ0v) is 15.8. The Bertz CT molecular complexity index is 783. The second-order valence-electron chi connectivity index (χ2n) is 6.41. The molecule has 0 radical (unpaired) electrons. The molecule has 1 heterocycles. The third-order valence-corrected chi connectivity index (χ3v) is 6.94. The van der Waals surface area contributed by atoms with E-state index in [0.717, 1.165) is 29.0 Å². The van der Waals surface area contributed by atoms with Gasteiger partial charge in [-0.2, -0.15) is 0 Å². The summed E-state index contributed by atoms with van der Waals surface area (Å²) in [7, 11) is -1.87. The van der Waals surface area contributed by atoms with Crippen LogP contribution in [0.1, 0.15) is 23.3 Å². The van der Waals surface area contributed by atoms with E-state index in [9.17, 15) is 13.5 Å². The SMILES string of the molecule is COc1ccc(CCS(=O)(=O)NC[C@](O)(c2cccs2)C2CC2)cc1. The Morgan fingerprint density at radius 3 is 2.56 bits per heavy atom. The maximum atomic E-state index is 12.3. The highest BCUT2D eigenvalue weighted by atomic mass is 32.2. The Hall–Kier alpha value is -1.41. The lowest BCUT2D eigenvalue weighted by Crippen LogP contribution is -2.42. The second kappa shape index (κ2) is 7.45. The van der Waals surface area contributed by atoms with E-state index in [4.69, 9.17) is 4.74 Å². The first kappa shape index (κ1) is 18.4. The molecule has 7 heteroatoms. The van der Waals surface area contributed by atoms with Gasteiger partial charge in [0.1, 0.15) is 11.4 Å². The molecule has 0 amide bonds. The van der Waals surface area contributed by atoms with Gasteiger partial charge < -0.3 is 9.84 Å². The van der Waals surface area contributed by atoms with Gasteiger partial charge in [0.05, 0.1) is 12.9 Å². The summed E-state index contributed by atoms with van der Waals surface area (Å²) in [5.41, 5.74) is -0.164. The van der Waals surface area contributed by atoms with Crippen LogP contribution in [0.25, 0.3) is 0 Å². The van der Waals surface area contributed by atoms with E-state index in [2.05, 4.69) is 4.72 Å². The molecule has 1 aromatic carbocycles. The summed E-state index contributed by atoms with van der Waals surface area (Å²) in [6.45, 7) is 0.0309. The maximum Gasteiger partial charge on any atom is 0.212 e. The van der Waals surface area contributed by atoms with Crippen LogP contribution in [0.5, 0.6) is 5.75 Å². The lowest BCUT2D eigenvalue weighted by atomic mass is 9.96. The quantitative estimate of drug-likeness (QED) is 0.700. The van der Waals surface area contributed by atoms with Crippen LogP contribution in [0, 0.1) is 5.92 Å². The average molecular weight is 382 g/mol. The number of sulfonamides is 1. The second-order valence-corrected chi connectivity index (χ2v) is 9.29. The van der Waals surface area contributed by atoms with E-state index in [0.29, 0.717) is 6.42 Å². The number of aryl methyl sites for hydroxylation is 1. The summed E-state index contributed by atoms with van der Waals surface area (Å²) >= 11 is 1.47. The number of rotatable bonds is 9. The highest BCUT2D eigenvalue weighted by molar-refractivity contribution is 7.89. The molecule has 0 spiro atoms. The largest absolute Gasteiger partial charge is 0.497 e. The van der Waals surface area contributed by atoms with Crippen molar-refractivity contribution in [2.75, 3.05) is 19.4 Å². The first-order valence-corrected chi connectivity index (χ1v) is 10.8. The minimum absolute atomic E-state index is 0.00941. The molecule has 136 valence electrons. The van der Waals surface area contributed by atoms with Crippen molar-refractivity contribution in [3.63, 3.8) is 0 Å². The molecule has 1 saturated carbocycles. The van der Waals surface area contributed by atoms with Gasteiger partial charge in [0.25, 0.3) is 0 Å². The van der Waals surface area contributed by atoms with Crippen LogP contribution < -0.4 is 9.46 Å². The fourth-order valence-electron chi connectivity index (χ4n) is 2.85. The number of hydrogen-bond donors (Lipinski definition) is 2. The van der Waals surface area contributed by atoms with Crippen molar-refractivity contribution < 1.29 is 18.3 Å². The lowest BCUT2D eigenvalue weighted by molar-refractivity contribution is 0.0222. The Balaban J connectivity index is 1.59. The van der Waals surface area contributed by atoms with Crippen molar-refractivity contribution in [3.8, 4) is 5.75 Å². The van der Waals surface area contributed by atoms with Gasteiger partial charge in [0.15, 0.2) is 0 Å². The highest BCUT2D eigenvalue weighted by Crippen LogP contribution is 2.46. The van der Waals surface area contributed by atoms with Crippen LogP contribution in [0.4, 0.5) is 0 Å². The summed E-state index contributed by atoms with van der Waals surface area (Å²) in [6.07, 6.45) is 2.28. The maximum absolute atomic E-state index is 12.3. The molecule has 3 rings (SSSR count). The molecular weight excluding hydrogens is 358 g/mol. The molecule has 5 nitrogen and oxygen atoms in total. The standard InChI is InChI=1S/C18H23NO4S2/c1-23-16-8-4-14(5-9-16)10-12-25(21,22)19-13-18(20,15-6-7-15)17-3-2-11-24-17/h2-5,8-9,11,15,19-20H,6-7,10,12-13H2,1H3/t18-/m1/s1. The smallest absolute Gasteiger partial charge is 0.212 e. The number of thiophene rings is 1. The van der Waals surface area contributed by atoms with Crippen LogP contribution in [0.15, 0.2) is 41.8 Å². The highest BCUT2D eigenvalue weighted by Gasteiger charge is 2.46. The summed E-state index contributed by atoms with van der Waals surface area (Å²) in [5.74, 6) is 0.871.